The molecule has 110 valence electrons. The van der Waals surface area contributed by atoms with Crippen LogP contribution >= 0.6 is 11.6 Å². The Labute approximate surface area is 129 Å². The molecule has 0 aromatic heterocycles. The monoisotopic (exact) mass is 303 g/mol. The molecule has 0 unspecified atom stereocenters. The lowest BCUT2D eigenvalue weighted by molar-refractivity contribution is 0.102. The maximum absolute atomic E-state index is 12.3. The molecule has 2 aromatic carbocycles. The van der Waals surface area contributed by atoms with Gasteiger partial charge in [-0.15, -0.1) is 0 Å². The number of benzene rings is 2. The number of carbonyl (C=O) groups excluding carboxylic acids is 1. The Morgan fingerprint density at radius 3 is 2.43 bits per heavy atom. The summed E-state index contributed by atoms with van der Waals surface area (Å²) >= 11 is 6.11. The number of aryl methyl sites for hydroxylation is 2. The Morgan fingerprint density at radius 2 is 1.86 bits per heavy atom. The summed E-state index contributed by atoms with van der Waals surface area (Å²) in [7, 11) is 0. The van der Waals surface area contributed by atoms with Gasteiger partial charge in [-0.1, -0.05) is 29.8 Å². The summed E-state index contributed by atoms with van der Waals surface area (Å²) in [5.41, 5.74) is 3.40. The van der Waals surface area contributed by atoms with E-state index in [4.69, 9.17) is 16.3 Å². The first-order valence-corrected chi connectivity index (χ1v) is 7.20. The van der Waals surface area contributed by atoms with E-state index >= 15 is 0 Å². The zero-order valence-electron chi connectivity index (χ0n) is 12.4. The molecule has 0 saturated heterocycles. The Morgan fingerprint density at radius 1 is 1.19 bits per heavy atom. The molecule has 0 heterocycles. The summed E-state index contributed by atoms with van der Waals surface area (Å²) in [6, 6.07) is 10.9. The summed E-state index contributed by atoms with van der Waals surface area (Å²) in [5, 5.41) is 3.37. The molecule has 0 bridgehead atoms. The first-order valence-electron chi connectivity index (χ1n) is 6.83. The van der Waals surface area contributed by atoms with Crippen molar-refractivity contribution in [3.63, 3.8) is 0 Å². The van der Waals surface area contributed by atoms with Crippen molar-refractivity contribution in [3.8, 4) is 5.75 Å². The fourth-order valence-electron chi connectivity index (χ4n) is 2.11. The minimum atomic E-state index is -0.183. The van der Waals surface area contributed by atoms with Gasteiger partial charge in [0.25, 0.3) is 5.91 Å². The molecule has 0 aliphatic carbocycles. The van der Waals surface area contributed by atoms with E-state index < -0.39 is 0 Å². The number of hydrogen-bond acceptors (Lipinski definition) is 2. The second-order valence-electron chi connectivity index (χ2n) is 4.80. The third-order valence-electron chi connectivity index (χ3n) is 3.21. The predicted molar refractivity (Wildman–Crippen MR) is 86.5 cm³/mol. The van der Waals surface area contributed by atoms with Gasteiger partial charge in [0.2, 0.25) is 0 Å². The fourth-order valence-corrected chi connectivity index (χ4v) is 2.35. The molecule has 0 aliphatic heterocycles. The largest absolute Gasteiger partial charge is 0.492 e. The highest BCUT2D eigenvalue weighted by Crippen LogP contribution is 2.26. The minimum Gasteiger partial charge on any atom is -0.492 e. The normalized spacial score (nSPS) is 10.3. The van der Waals surface area contributed by atoms with E-state index in [0.29, 0.717) is 22.9 Å². The summed E-state index contributed by atoms with van der Waals surface area (Å²) in [6.07, 6.45) is 0. The van der Waals surface area contributed by atoms with Crippen LogP contribution in [0.5, 0.6) is 5.75 Å². The molecule has 3 nitrogen and oxygen atoms in total. The van der Waals surface area contributed by atoms with Crippen molar-refractivity contribution in [1.82, 2.24) is 0 Å². The van der Waals surface area contributed by atoms with Crippen LogP contribution in [-0.4, -0.2) is 12.5 Å². The van der Waals surface area contributed by atoms with Gasteiger partial charge in [-0.3, -0.25) is 4.79 Å². The number of amides is 1. The minimum absolute atomic E-state index is 0.183. The Balaban J connectivity index is 2.23. The lowest BCUT2D eigenvalue weighted by atomic mass is 10.1. The molecule has 0 radical (unpaired) electrons. The van der Waals surface area contributed by atoms with Gasteiger partial charge in [-0.25, -0.2) is 0 Å². The van der Waals surface area contributed by atoms with Gasteiger partial charge in [-0.05, 0) is 50.1 Å². The van der Waals surface area contributed by atoms with E-state index in [-0.39, 0.29) is 5.91 Å². The molecule has 1 N–H and O–H groups in total. The maximum atomic E-state index is 12.3. The zero-order chi connectivity index (χ0) is 15.4. The smallest absolute Gasteiger partial charge is 0.255 e. The van der Waals surface area contributed by atoms with Crippen molar-refractivity contribution >= 4 is 23.2 Å². The van der Waals surface area contributed by atoms with E-state index in [1.54, 1.807) is 18.2 Å². The van der Waals surface area contributed by atoms with Crippen LogP contribution in [0.15, 0.2) is 36.4 Å². The molecule has 0 atom stereocenters. The maximum Gasteiger partial charge on any atom is 0.255 e. The van der Waals surface area contributed by atoms with Crippen molar-refractivity contribution in [2.24, 2.45) is 0 Å². The van der Waals surface area contributed by atoms with Crippen molar-refractivity contribution in [3.05, 3.63) is 58.1 Å². The molecule has 2 rings (SSSR count). The number of halogens is 1. The molecule has 0 fully saturated rings. The van der Waals surface area contributed by atoms with E-state index in [1.807, 2.05) is 39.0 Å². The Kier molecular flexibility index (Phi) is 4.86. The third kappa shape index (κ3) is 3.56. The highest BCUT2D eigenvalue weighted by Gasteiger charge is 2.12. The zero-order valence-corrected chi connectivity index (χ0v) is 13.1. The number of nitrogens with one attached hydrogen (secondary N) is 1. The number of anilines is 1. The molecule has 21 heavy (non-hydrogen) atoms. The van der Waals surface area contributed by atoms with Gasteiger partial charge in [0.05, 0.1) is 11.6 Å². The highest BCUT2D eigenvalue weighted by atomic mass is 35.5. The first kappa shape index (κ1) is 15.4. The number of rotatable bonds is 4. The van der Waals surface area contributed by atoms with Crippen LogP contribution in [0.2, 0.25) is 5.02 Å². The van der Waals surface area contributed by atoms with E-state index in [9.17, 15) is 4.79 Å². The van der Waals surface area contributed by atoms with E-state index in [1.165, 1.54) is 0 Å². The molecule has 0 saturated carbocycles. The first-order chi connectivity index (χ1) is 10.0. The molecular weight excluding hydrogens is 286 g/mol. The predicted octanol–water partition coefficient (Wildman–Crippen LogP) is 4.61. The molecule has 1 amide bonds. The Hall–Kier alpha value is -2.00. The highest BCUT2D eigenvalue weighted by molar-refractivity contribution is 6.32. The molecule has 4 heteroatoms. The molecule has 2 aromatic rings. The van der Waals surface area contributed by atoms with Crippen LogP contribution in [-0.2, 0) is 0 Å². The average molecular weight is 304 g/mol. The molecule has 0 spiro atoms. The van der Waals surface area contributed by atoms with Crippen molar-refractivity contribution < 1.29 is 9.53 Å². The van der Waals surface area contributed by atoms with Gasteiger partial charge in [-0.2, -0.15) is 0 Å². The summed E-state index contributed by atoms with van der Waals surface area (Å²) in [4.78, 5) is 12.3. The second-order valence-corrected chi connectivity index (χ2v) is 5.21. The van der Waals surface area contributed by atoms with Crippen LogP contribution in [0, 0.1) is 13.8 Å². The standard InChI is InChI=1S/C17H18ClNO2/c1-4-21-15-9-8-13(10-14(15)18)17(20)19-16-11(2)6-5-7-12(16)3/h5-10H,4H2,1-3H3,(H,19,20). The second kappa shape index (κ2) is 6.64. The summed E-state index contributed by atoms with van der Waals surface area (Å²) < 4.78 is 5.36. The van der Waals surface area contributed by atoms with Crippen LogP contribution in [0.3, 0.4) is 0 Å². The number of hydrogen-bond donors (Lipinski definition) is 1. The van der Waals surface area contributed by atoms with Crippen molar-refractivity contribution in [2.45, 2.75) is 20.8 Å². The number of para-hydroxylation sites is 1. The molecule has 0 aliphatic rings. The molecular formula is C17H18ClNO2. The van der Waals surface area contributed by atoms with Gasteiger partial charge >= 0.3 is 0 Å². The fraction of sp³-hybridized carbons (Fsp3) is 0.235. The average Bonchev–Trinajstić information content (AvgIpc) is 2.45. The van der Waals surface area contributed by atoms with Crippen LogP contribution in [0.4, 0.5) is 5.69 Å². The lowest BCUT2D eigenvalue weighted by Gasteiger charge is -2.12. The van der Waals surface area contributed by atoms with Gasteiger partial charge in [0.1, 0.15) is 5.75 Å². The van der Waals surface area contributed by atoms with E-state index in [0.717, 1.165) is 16.8 Å². The Bertz CT molecular complexity index is 648. The number of carbonyl (C=O) groups is 1. The van der Waals surface area contributed by atoms with Gasteiger partial charge < -0.3 is 10.1 Å². The van der Waals surface area contributed by atoms with Gasteiger partial charge in [0, 0.05) is 11.3 Å². The lowest BCUT2D eigenvalue weighted by Crippen LogP contribution is -2.13. The summed E-state index contributed by atoms with van der Waals surface area (Å²) in [5.74, 6) is 0.403. The van der Waals surface area contributed by atoms with Crippen molar-refractivity contribution in [1.29, 1.82) is 0 Å². The quantitative estimate of drug-likeness (QED) is 0.896. The van der Waals surface area contributed by atoms with Gasteiger partial charge in [0.15, 0.2) is 0 Å². The van der Waals surface area contributed by atoms with Crippen LogP contribution in [0.1, 0.15) is 28.4 Å². The third-order valence-corrected chi connectivity index (χ3v) is 3.51. The number of ether oxygens (including phenoxy) is 1. The van der Waals surface area contributed by atoms with Crippen LogP contribution < -0.4 is 10.1 Å². The topological polar surface area (TPSA) is 38.3 Å². The van der Waals surface area contributed by atoms with Crippen LogP contribution in [0.25, 0.3) is 0 Å². The SMILES string of the molecule is CCOc1ccc(C(=O)Nc2c(C)cccc2C)cc1Cl. The summed E-state index contributed by atoms with van der Waals surface area (Å²) in [6.45, 7) is 6.35. The van der Waals surface area contributed by atoms with Crippen molar-refractivity contribution in [2.75, 3.05) is 11.9 Å². The van der Waals surface area contributed by atoms with E-state index in [2.05, 4.69) is 5.32 Å².